The zero-order valence-electron chi connectivity index (χ0n) is 28.7. The molecule has 0 amide bonds. The Bertz CT molecular complexity index is 1870. The third-order valence-electron chi connectivity index (χ3n) is 9.37. The van der Waals surface area contributed by atoms with Crippen molar-refractivity contribution in [1.29, 1.82) is 0 Å². The second-order valence-corrected chi connectivity index (χ2v) is 13.3. The Morgan fingerprint density at radius 3 is 2.28 bits per heavy atom. The second kappa shape index (κ2) is 15.5. The molecular formula is C41H47IrN2O3-. The molecule has 6 rings (SSSR count). The van der Waals surface area contributed by atoms with Gasteiger partial charge in [-0.1, -0.05) is 102 Å². The average Bonchev–Trinajstić information content (AvgIpc) is 3.45. The first-order valence-electron chi connectivity index (χ1n) is 16.9. The van der Waals surface area contributed by atoms with Gasteiger partial charge in [-0.2, -0.15) is 0 Å². The molecule has 0 bridgehead atoms. The van der Waals surface area contributed by atoms with E-state index in [0.717, 1.165) is 77.6 Å². The van der Waals surface area contributed by atoms with Gasteiger partial charge in [0.05, 0.1) is 11.5 Å². The summed E-state index contributed by atoms with van der Waals surface area (Å²) in [5.41, 5.74) is 8.40. The Labute approximate surface area is 293 Å². The average molecular weight is 808 g/mol. The molecule has 1 radical (unpaired) electrons. The van der Waals surface area contributed by atoms with Gasteiger partial charge in [0.2, 0.25) is 0 Å². The van der Waals surface area contributed by atoms with E-state index in [4.69, 9.17) is 4.42 Å². The minimum absolute atomic E-state index is 0. The fourth-order valence-electron chi connectivity index (χ4n) is 6.59. The number of aryl methyl sites for hydroxylation is 2. The number of benzene rings is 3. The van der Waals surface area contributed by atoms with Gasteiger partial charge in [-0.25, -0.2) is 4.98 Å². The summed E-state index contributed by atoms with van der Waals surface area (Å²) in [7, 11) is 0. The molecule has 0 atom stereocenters. The molecule has 0 saturated heterocycles. The van der Waals surface area contributed by atoms with E-state index in [-0.39, 0.29) is 48.9 Å². The van der Waals surface area contributed by atoms with Crippen LogP contribution in [0, 0.1) is 17.9 Å². The first-order chi connectivity index (χ1) is 22.1. The predicted molar refractivity (Wildman–Crippen MR) is 189 cm³/mol. The number of aromatic nitrogens is 2. The Morgan fingerprint density at radius 1 is 0.936 bits per heavy atom. The normalized spacial score (nSPS) is 12.8. The van der Waals surface area contributed by atoms with E-state index < -0.39 is 0 Å². The van der Waals surface area contributed by atoms with Crippen molar-refractivity contribution in [2.45, 2.75) is 92.4 Å². The van der Waals surface area contributed by atoms with E-state index in [1.54, 1.807) is 6.33 Å². The summed E-state index contributed by atoms with van der Waals surface area (Å²) in [5.74, 6) is 1.55. The zero-order chi connectivity index (χ0) is 33.0. The molecule has 0 saturated carbocycles. The van der Waals surface area contributed by atoms with Crippen LogP contribution in [0.4, 0.5) is 0 Å². The van der Waals surface area contributed by atoms with Crippen molar-refractivity contribution in [2.24, 2.45) is 11.8 Å². The van der Waals surface area contributed by atoms with Gasteiger partial charge in [-0.3, -0.25) is 9.78 Å². The van der Waals surface area contributed by atoms with Gasteiger partial charge in [0.25, 0.3) is 0 Å². The summed E-state index contributed by atoms with van der Waals surface area (Å²) < 4.78 is 6.43. The van der Waals surface area contributed by atoms with Crippen molar-refractivity contribution in [3.05, 3.63) is 95.7 Å². The third-order valence-corrected chi connectivity index (χ3v) is 9.37. The second-order valence-electron chi connectivity index (χ2n) is 13.3. The van der Waals surface area contributed by atoms with E-state index in [1.807, 2.05) is 27.7 Å². The predicted octanol–water partition coefficient (Wildman–Crippen LogP) is 10.8. The van der Waals surface area contributed by atoms with Crippen LogP contribution in [-0.2, 0) is 43.2 Å². The van der Waals surface area contributed by atoms with E-state index >= 15 is 0 Å². The molecule has 47 heavy (non-hydrogen) atoms. The molecule has 1 N–H and O–H groups in total. The van der Waals surface area contributed by atoms with Crippen LogP contribution in [0.25, 0.3) is 44.3 Å². The van der Waals surface area contributed by atoms with Gasteiger partial charge in [0, 0.05) is 50.0 Å². The number of aliphatic hydroxyl groups excluding tert-OH is 1. The van der Waals surface area contributed by atoms with Crippen LogP contribution in [0.2, 0.25) is 0 Å². The van der Waals surface area contributed by atoms with Gasteiger partial charge in [-0.15, -0.1) is 29.1 Å². The molecule has 0 fully saturated rings. The number of rotatable bonds is 8. The van der Waals surface area contributed by atoms with Crippen LogP contribution in [-0.4, -0.2) is 20.9 Å². The Hall–Kier alpha value is -3.60. The van der Waals surface area contributed by atoms with Crippen LogP contribution in [0.3, 0.4) is 0 Å². The van der Waals surface area contributed by atoms with Crippen molar-refractivity contribution in [1.82, 2.24) is 9.97 Å². The largest absolute Gasteiger partial charge is 0.512 e. The minimum atomic E-state index is -0.00303. The van der Waals surface area contributed by atoms with Crippen LogP contribution in [0.15, 0.2) is 77.2 Å². The summed E-state index contributed by atoms with van der Waals surface area (Å²) in [5, 5.41) is 12.1. The van der Waals surface area contributed by atoms with E-state index in [9.17, 15) is 9.90 Å². The number of nitrogens with zero attached hydrogens (tertiary/aromatic N) is 2. The van der Waals surface area contributed by atoms with Gasteiger partial charge in [0.1, 0.15) is 23.2 Å². The molecule has 0 unspecified atom stereocenters. The Balaban J connectivity index is 0.000000269. The molecular weight excluding hydrogens is 761 g/mol. The van der Waals surface area contributed by atoms with Crippen molar-refractivity contribution in [3.63, 3.8) is 0 Å². The maximum Gasteiger partial charge on any atom is 0.162 e. The van der Waals surface area contributed by atoms with Crippen LogP contribution in [0.1, 0.15) is 91.0 Å². The molecule has 5 aromatic rings. The zero-order valence-corrected chi connectivity index (χ0v) is 31.1. The first-order valence-corrected chi connectivity index (χ1v) is 16.9. The van der Waals surface area contributed by atoms with Gasteiger partial charge in [-0.05, 0) is 48.6 Å². The SMILES string of the molecule is CC(C)(C)c1cc(-c2ncnc3c4c(oc23)CCc2ccccc2-4)[c-]c2ccccc12.CCC(CC)C(=O)/C=C(\O)C(CC)CC.[Ir]. The summed E-state index contributed by atoms with van der Waals surface area (Å²) in [6.07, 6.45) is 8.44. The molecule has 0 spiro atoms. The Kier molecular flexibility index (Phi) is 12.0. The molecule has 2 heterocycles. The van der Waals surface area contributed by atoms with Crippen molar-refractivity contribution in [3.8, 4) is 22.4 Å². The quantitative estimate of drug-likeness (QED) is 0.0960. The van der Waals surface area contributed by atoms with E-state index in [0.29, 0.717) is 0 Å². The standard InChI is InChI=1S/C28H23N2O.C13H24O2.Ir/c1-28(2,3)22-15-19(14-18-9-5-6-10-20(18)22)25-27-26(30-16-29-25)24-21-11-7-4-8-17(21)12-13-23(24)31-27;1-5-10(6-2)12(14)9-13(15)11(7-3)8-4;/h4-11,15-16H,12-13H2,1-3H3;9-11,14H,5-8H2,1-4H3;/q-1;;/b;12-9-;. The fourth-order valence-corrected chi connectivity index (χ4v) is 6.59. The number of carbonyl (C=O) groups excluding carboxylic acids is 1. The summed E-state index contributed by atoms with van der Waals surface area (Å²) in [6.45, 7) is 14.8. The number of aliphatic hydroxyl groups is 1. The minimum Gasteiger partial charge on any atom is -0.512 e. The van der Waals surface area contributed by atoms with E-state index in [2.05, 4.69) is 91.4 Å². The summed E-state index contributed by atoms with van der Waals surface area (Å²) >= 11 is 0. The van der Waals surface area contributed by atoms with Gasteiger partial charge in [0.15, 0.2) is 5.78 Å². The van der Waals surface area contributed by atoms with E-state index in [1.165, 1.54) is 28.2 Å². The molecule has 2 aromatic heterocycles. The Morgan fingerprint density at radius 2 is 1.60 bits per heavy atom. The maximum absolute atomic E-state index is 11.7. The first kappa shape index (κ1) is 36.2. The van der Waals surface area contributed by atoms with Crippen molar-refractivity contribution >= 4 is 27.7 Å². The topological polar surface area (TPSA) is 76.2 Å². The van der Waals surface area contributed by atoms with Crippen LogP contribution in [0.5, 0.6) is 0 Å². The number of hydrogen-bond donors (Lipinski definition) is 1. The maximum atomic E-state index is 11.7. The van der Waals surface area contributed by atoms with Crippen molar-refractivity contribution in [2.75, 3.05) is 0 Å². The monoisotopic (exact) mass is 808 g/mol. The third kappa shape index (κ3) is 7.60. The number of carbonyl (C=O) groups is 1. The molecule has 3 aromatic carbocycles. The molecule has 249 valence electrons. The number of fused-ring (bicyclic) bond motifs is 6. The van der Waals surface area contributed by atoms with Crippen LogP contribution >= 0.6 is 0 Å². The van der Waals surface area contributed by atoms with Gasteiger partial charge >= 0.3 is 0 Å². The number of furan rings is 1. The number of ketones is 1. The van der Waals surface area contributed by atoms with Crippen molar-refractivity contribution < 1.29 is 34.4 Å². The molecule has 0 aliphatic heterocycles. The smallest absolute Gasteiger partial charge is 0.162 e. The molecule has 1 aliphatic carbocycles. The fraction of sp³-hybridized carbons (Fsp3) is 0.390. The summed E-state index contributed by atoms with van der Waals surface area (Å²) in [6, 6.07) is 22.8. The molecule has 1 aliphatic rings. The molecule has 5 nitrogen and oxygen atoms in total. The van der Waals surface area contributed by atoms with Crippen LogP contribution < -0.4 is 0 Å². The molecule has 6 heteroatoms. The number of hydrogen-bond acceptors (Lipinski definition) is 5. The summed E-state index contributed by atoms with van der Waals surface area (Å²) in [4.78, 5) is 21.0. The number of allylic oxidation sites excluding steroid dienone is 2. The van der Waals surface area contributed by atoms with Gasteiger partial charge < -0.3 is 9.52 Å².